The number of aliphatic hydroxyl groups excluding tert-OH is 2. The lowest BCUT2D eigenvalue weighted by molar-refractivity contribution is -0.388. The van der Waals surface area contributed by atoms with Crippen LogP contribution < -0.4 is 5.32 Å². The minimum atomic E-state index is -2.23. The molecule has 10 heteroatoms. The van der Waals surface area contributed by atoms with Crippen molar-refractivity contribution in [2.75, 3.05) is 7.05 Å². The fourth-order valence-electron chi connectivity index (χ4n) is 25.2. The van der Waals surface area contributed by atoms with Gasteiger partial charge in [0.1, 0.15) is 29.7 Å². The van der Waals surface area contributed by atoms with Gasteiger partial charge in [-0.15, -0.1) is 0 Å². The van der Waals surface area contributed by atoms with E-state index in [0.717, 1.165) is 86.3 Å². The van der Waals surface area contributed by atoms with Crippen LogP contribution in [0.4, 0.5) is 0 Å². The number of rotatable bonds is 5. The summed E-state index contributed by atoms with van der Waals surface area (Å²) in [5.74, 6) is 6.36. The molecule has 4 bridgehead atoms. The Hall–Kier alpha value is -4.08. The second kappa shape index (κ2) is 18.5. The number of allylic oxidation sites excluding steroid dienone is 3. The molecule has 0 amide bonds. The minimum Gasteiger partial charge on any atom is -0.497 e. The number of aldehydes is 1. The van der Waals surface area contributed by atoms with E-state index in [1.165, 1.54) is 31.2 Å². The van der Waals surface area contributed by atoms with Gasteiger partial charge in [-0.1, -0.05) is 105 Å². The SMILES string of the molecule is CN[C@H]1Cc2c(cccc2CO)C#CC2(CCCC2)C[C@]23CC[C@H]4[C@@](O)([C@H](O)[C@H]5C[C@@H]6[C@@H](C=CC[C@H]6C6CCCC6)C[C@@H]6[C@H]7OC=C[C@H]8C[C@@H]9C[C@@H](c%10ccccc%10)CC[C@@H]9[C@]78C[C@@]4(C=O)[C@@]65O)[C@@]2(O)C[C@@H]2C[C@H]1[C@@H]1OC(=O)C=C1[C@@H]23. The number of benzene rings is 2. The van der Waals surface area contributed by atoms with Crippen LogP contribution in [0, 0.1) is 110 Å². The molecule has 17 rings (SSSR count). The molecule has 6 N–H and O–H groups in total. The van der Waals surface area contributed by atoms with Crippen molar-refractivity contribution in [1.29, 1.82) is 0 Å². The van der Waals surface area contributed by atoms with Gasteiger partial charge < -0.3 is 45.1 Å². The first-order valence-electron chi connectivity index (χ1n) is 32.5. The topological polar surface area (TPSA) is 166 Å². The molecule has 2 aromatic carbocycles. The molecule has 0 saturated heterocycles. The predicted molar refractivity (Wildman–Crippen MR) is 305 cm³/mol. The van der Waals surface area contributed by atoms with Crippen molar-refractivity contribution in [3.8, 4) is 11.8 Å². The number of carbonyl (C=O) groups excluding carboxylic acids is 2. The summed E-state index contributed by atoms with van der Waals surface area (Å²) in [4.78, 5) is 30.0. The van der Waals surface area contributed by atoms with Gasteiger partial charge >= 0.3 is 5.97 Å². The lowest BCUT2D eigenvalue weighted by atomic mass is 9.31. The maximum atomic E-state index is 15.9. The van der Waals surface area contributed by atoms with E-state index in [2.05, 4.69) is 71.8 Å². The fourth-order valence-corrected chi connectivity index (χ4v) is 25.2. The Balaban J connectivity index is 0.905. The van der Waals surface area contributed by atoms with Crippen LogP contribution in [0.2, 0.25) is 0 Å². The summed E-state index contributed by atoms with van der Waals surface area (Å²) in [5, 5.41) is 74.8. The van der Waals surface area contributed by atoms with Crippen LogP contribution in [-0.4, -0.2) is 86.0 Å². The number of aliphatic hydroxyl groups is 5. The molecule has 10 saturated carbocycles. The molecule has 2 aromatic rings. The molecule has 81 heavy (non-hydrogen) atoms. The van der Waals surface area contributed by atoms with E-state index in [4.69, 9.17) is 9.47 Å². The van der Waals surface area contributed by atoms with E-state index in [0.29, 0.717) is 75.0 Å². The Labute approximate surface area is 479 Å². The maximum absolute atomic E-state index is 15.9. The number of fused-ring (bicyclic) bond motifs is 7. The molecule has 0 unspecified atom stereocenters. The van der Waals surface area contributed by atoms with Crippen molar-refractivity contribution in [3.05, 3.63) is 107 Å². The van der Waals surface area contributed by atoms with E-state index >= 15 is 20.1 Å². The summed E-state index contributed by atoms with van der Waals surface area (Å²) in [7, 11) is 1.96. The van der Waals surface area contributed by atoms with Gasteiger partial charge in [-0.25, -0.2) is 4.79 Å². The number of carbonyl (C=O) groups is 2. The van der Waals surface area contributed by atoms with Crippen molar-refractivity contribution < 1.29 is 44.6 Å². The average Bonchev–Trinajstić information content (AvgIpc) is 3.04. The zero-order chi connectivity index (χ0) is 55.1. The molecule has 10 fully saturated rings. The first-order valence-corrected chi connectivity index (χ1v) is 32.5. The van der Waals surface area contributed by atoms with Crippen LogP contribution in [0.5, 0.6) is 0 Å². The smallest absolute Gasteiger partial charge is 0.331 e. The van der Waals surface area contributed by atoms with Crippen LogP contribution in [0.25, 0.3) is 0 Å². The number of ether oxygens (including phenoxy) is 2. The lowest BCUT2D eigenvalue weighted by Crippen LogP contribution is -2.87. The summed E-state index contributed by atoms with van der Waals surface area (Å²) >= 11 is 0. The molecule has 13 aliphatic carbocycles. The molecule has 23 atom stereocenters. The second-order valence-electron chi connectivity index (χ2n) is 30.0. The Bertz CT molecular complexity index is 3040. The highest BCUT2D eigenvalue weighted by molar-refractivity contribution is 5.86. The molecule has 2 heterocycles. The minimum absolute atomic E-state index is 0.0987. The molecular formula is C71H87NO9. The van der Waals surface area contributed by atoms with Crippen LogP contribution in [-0.2, 0) is 32.1 Å². The molecule has 10 nitrogen and oxygen atoms in total. The number of nitrogens with one attached hydrogen (secondary N) is 1. The fraction of sp³-hybridized carbons (Fsp3) is 0.690. The number of likely N-dealkylation sites (N-methyl/N-ethyl adjacent to an activating group) is 1. The average molecular weight is 1100 g/mol. The van der Waals surface area contributed by atoms with Gasteiger partial charge in [0.15, 0.2) is 0 Å². The quantitative estimate of drug-likeness (QED) is 0.0735. The van der Waals surface area contributed by atoms with Crippen molar-refractivity contribution in [1.82, 2.24) is 5.32 Å². The maximum Gasteiger partial charge on any atom is 0.331 e. The second-order valence-corrected chi connectivity index (χ2v) is 30.0. The highest BCUT2D eigenvalue weighted by Crippen LogP contribution is 2.82. The molecule has 3 spiro atoms. The van der Waals surface area contributed by atoms with Gasteiger partial charge in [0.05, 0.1) is 30.0 Å². The van der Waals surface area contributed by atoms with Gasteiger partial charge in [0, 0.05) is 57.6 Å². The number of hydrogen-bond donors (Lipinski definition) is 6. The molecular weight excluding hydrogens is 1010 g/mol. The van der Waals surface area contributed by atoms with Gasteiger partial charge in [0.2, 0.25) is 0 Å². The summed E-state index contributed by atoms with van der Waals surface area (Å²) in [6.07, 6.45) is 26.8. The third kappa shape index (κ3) is 6.75. The van der Waals surface area contributed by atoms with Crippen LogP contribution in [0.15, 0.2) is 84.7 Å². The first kappa shape index (κ1) is 52.5. The normalized spacial score (nSPS) is 50.1. The summed E-state index contributed by atoms with van der Waals surface area (Å²) in [6.45, 7) is -0.121. The first-order chi connectivity index (χ1) is 39.3. The van der Waals surface area contributed by atoms with Crippen molar-refractivity contribution >= 4 is 12.3 Å². The van der Waals surface area contributed by atoms with E-state index in [-0.39, 0.29) is 72.6 Å². The lowest BCUT2D eigenvalue weighted by Gasteiger charge is -2.76. The summed E-state index contributed by atoms with van der Waals surface area (Å²) in [6, 6.07) is 16.8. The highest BCUT2D eigenvalue weighted by atomic mass is 16.5. The summed E-state index contributed by atoms with van der Waals surface area (Å²) in [5.41, 5.74) is -4.64. The van der Waals surface area contributed by atoms with Crippen molar-refractivity contribution in [2.45, 2.75) is 195 Å². The molecule has 0 radical (unpaired) electrons. The van der Waals surface area contributed by atoms with Gasteiger partial charge in [0.25, 0.3) is 0 Å². The monoisotopic (exact) mass is 1100 g/mol. The summed E-state index contributed by atoms with van der Waals surface area (Å²) < 4.78 is 13.8. The van der Waals surface area contributed by atoms with Gasteiger partial charge in [-0.3, -0.25) is 0 Å². The van der Waals surface area contributed by atoms with Gasteiger partial charge in [-0.05, 0) is 203 Å². The molecule has 15 aliphatic rings. The van der Waals surface area contributed by atoms with Crippen LogP contribution in [0.3, 0.4) is 0 Å². The third-order valence-electron chi connectivity index (χ3n) is 27.8. The third-order valence-corrected chi connectivity index (χ3v) is 27.8. The molecule has 0 aromatic heterocycles. The van der Waals surface area contributed by atoms with Crippen molar-refractivity contribution in [2.24, 2.45) is 98.6 Å². The van der Waals surface area contributed by atoms with Crippen LogP contribution >= 0.6 is 0 Å². The van der Waals surface area contributed by atoms with Gasteiger partial charge in [-0.2, -0.15) is 0 Å². The number of hydrogen-bond acceptors (Lipinski definition) is 10. The molecule has 2 aliphatic heterocycles. The van der Waals surface area contributed by atoms with E-state index < -0.39 is 68.4 Å². The Kier molecular flexibility index (Phi) is 12.0. The Morgan fingerprint density at radius 3 is 2.41 bits per heavy atom. The largest absolute Gasteiger partial charge is 0.497 e. The number of esters is 1. The van der Waals surface area contributed by atoms with E-state index in [1.54, 1.807) is 6.08 Å². The Morgan fingerprint density at radius 1 is 0.790 bits per heavy atom. The highest BCUT2D eigenvalue weighted by Gasteiger charge is 2.88. The Morgan fingerprint density at radius 2 is 1.62 bits per heavy atom. The van der Waals surface area contributed by atoms with Crippen LogP contribution in [0.1, 0.15) is 163 Å². The van der Waals surface area contributed by atoms with E-state index in [1.807, 2.05) is 25.4 Å². The zero-order valence-corrected chi connectivity index (χ0v) is 47.6. The van der Waals surface area contributed by atoms with Crippen molar-refractivity contribution in [3.63, 3.8) is 0 Å². The molecule has 430 valence electrons. The standard InChI is InChI=1S/C71H87NO9/c1-72-58-34-51-43(15-9-17-46(51)37-73)21-26-65(24-7-8-25-65)38-66-27-22-59-67(40-74)39-68-49(30-47-29-44(19-20-55(47)68)41-11-3-2-4-12-41)23-28-80-64(68)57-32-45-16-10-18-50(42-13-5-6-14-42)52(45)33-56(70(57,67)78)63(76)71(59,79)69(66,77)36-48-31-53(58)62-54(61(48)66)35-60(75)81-62/h2-4,9-12,15-17,23,28,35,40,42,44-45,47-50,52-53,55-59,61-64,72-73,76-79H,5-8,13-14,18-20,22,24-25,27,29-34,36-39H2,1H3/t44-,45-,47-,48-,49-,50-,52+,53+,55-,56+,57+,58-,59+,61+,62-,63+,64+,66-,67-,68+,69+,70-,71+/m0/s1. The predicted octanol–water partition coefficient (Wildman–Crippen LogP) is 9.83. The zero-order valence-electron chi connectivity index (χ0n) is 47.6. The van der Waals surface area contributed by atoms with E-state index in [9.17, 15) is 15.0 Å².